The molecule has 0 saturated carbocycles. The highest BCUT2D eigenvalue weighted by Crippen LogP contribution is 2.41. The van der Waals surface area contributed by atoms with Gasteiger partial charge in [-0.05, 0) is 120 Å². The number of carbonyl (C=O) groups excluding carboxylic acids is 1. The minimum atomic E-state index is -3.72. The van der Waals surface area contributed by atoms with E-state index in [4.69, 9.17) is 27.5 Å². The first kappa shape index (κ1) is 43.9. The number of aromatic nitrogens is 3. The lowest BCUT2D eigenvalue weighted by atomic mass is 9.92. The van der Waals surface area contributed by atoms with Crippen LogP contribution in [0.5, 0.6) is 0 Å². The molecule has 1 aliphatic rings. The molecule has 1 amide bonds. The van der Waals surface area contributed by atoms with Gasteiger partial charge < -0.3 is 20.8 Å². The first-order valence-electron chi connectivity index (χ1n) is 19.7. The van der Waals surface area contributed by atoms with Gasteiger partial charge in [-0.1, -0.05) is 65.8 Å². The van der Waals surface area contributed by atoms with E-state index < -0.39 is 38.4 Å². The van der Waals surface area contributed by atoms with E-state index in [1.54, 1.807) is 61.6 Å². The number of rotatable bonds is 14. The fraction of sp³-hybridized carbons (Fsp3) is 0.395. The molecule has 0 spiro atoms. The second kappa shape index (κ2) is 18.7. The predicted molar refractivity (Wildman–Crippen MR) is 234 cm³/mol. The van der Waals surface area contributed by atoms with Crippen LogP contribution in [0.25, 0.3) is 28.0 Å². The average molecular weight is 865 g/mol. The molecular weight excluding hydrogens is 813 g/mol. The summed E-state index contributed by atoms with van der Waals surface area (Å²) in [5.41, 5.74) is 9.02. The Balaban J connectivity index is 1.16. The third-order valence-electron chi connectivity index (χ3n) is 10.6. The minimum Gasteiger partial charge on any atom is -0.445 e. The normalized spacial score (nSPS) is 16.8. The molecule has 16 heteroatoms. The van der Waals surface area contributed by atoms with Crippen LogP contribution < -0.4 is 16.7 Å². The van der Waals surface area contributed by atoms with Crippen LogP contribution in [-0.2, 0) is 27.8 Å². The fourth-order valence-electron chi connectivity index (χ4n) is 7.44. The summed E-state index contributed by atoms with van der Waals surface area (Å²) in [5, 5.41) is 11.0. The summed E-state index contributed by atoms with van der Waals surface area (Å²) in [7, 11) is -3.72. The molecule has 1 fully saturated rings. The van der Waals surface area contributed by atoms with Gasteiger partial charge in [0, 0.05) is 35.0 Å². The van der Waals surface area contributed by atoms with Crippen LogP contribution in [0.4, 0.5) is 9.18 Å². The molecule has 0 aliphatic carbocycles. The number of nitrogens with one attached hydrogen (secondary N) is 3. The standard InChI is InChI=1S/C43H51ClFN7O5S2/c1-27(48-42(54)57-26-28-11-6-5-7-12-28)10-8-13-29-22-34(38(45)35(44)23-29)36-24-31-25-51(41(53)50-39(31)49-36)32-18-16-30(17-19-32)37-15-9-14-33(20-21-58-40(46)47)52(37)59(55,56)43(2,3)4/h5-7,11-12,16-19,22-25,27,33,37H,8-10,13-15,20-21,26H2,1-4H3,(H3,46,47)(H,48,54)(H,49,50,53)/t27-,33?,37-/m0/s1. The van der Waals surface area contributed by atoms with Gasteiger partial charge in [0.25, 0.3) is 0 Å². The number of hydrogen-bond donors (Lipinski definition) is 4. The lowest BCUT2D eigenvalue weighted by Gasteiger charge is -2.44. The van der Waals surface area contributed by atoms with Gasteiger partial charge in [0.2, 0.25) is 10.0 Å². The zero-order chi connectivity index (χ0) is 42.5. The van der Waals surface area contributed by atoms with Gasteiger partial charge in [-0.2, -0.15) is 9.29 Å². The number of aromatic amines is 1. The van der Waals surface area contributed by atoms with Crippen LogP contribution in [0.15, 0.2) is 83.8 Å². The molecule has 0 bridgehead atoms. The number of nitrogens with two attached hydrogens (primary N) is 1. The summed E-state index contributed by atoms with van der Waals surface area (Å²) in [6.45, 7) is 7.20. The van der Waals surface area contributed by atoms with Crippen LogP contribution in [0.2, 0.25) is 5.02 Å². The van der Waals surface area contributed by atoms with Crippen molar-refractivity contribution in [1.29, 1.82) is 5.41 Å². The SMILES string of the molecule is C[C@@H](CCCc1cc(Cl)c(F)c(-c2cc3cn(-c4ccc([C@@H]5CCCC(CCSC(=N)N)N5S(=O)(=O)C(C)(C)C)cc4)c(=O)nc3[nH]2)c1)NC(=O)OCc1ccccc1. The van der Waals surface area contributed by atoms with E-state index in [0.29, 0.717) is 54.6 Å². The number of amidine groups is 1. The Labute approximate surface area is 353 Å². The Morgan fingerprint density at radius 1 is 1.12 bits per heavy atom. The van der Waals surface area contributed by atoms with Crippen LogP contribution >= 0.6 is 23.4 Å². The van der Waals surface area contributed by atoms with Gasteiger partial charge in [-0.3, -0.25) is 9.98 Å². The summed E-state index contributed by atoms with van der Waals surface area (Å²) < 4.78 is 50.9. The van der Waals surface area contributed by atoms with E-state index in [2.05, 4.69) is 15.3 Å². The van der Waals surface area contributed by atoms with Crippen molar-refractivity contribution in [2.75, 3.05) is 5.75 Å². The monoisotopic (exact) mass is 863 g/mol. The number of benzene rings is 3. The van der Waals surface area contributed by atoms with Crippen molar-refractivity contribution < 1.29 is 22.3 Å². The van der Waals surface area contributed by atoms with Crippen molar-refractivity contribution in [2.24, 2.45) is 5.73 Å². The maximum Gasteiger partial charge on any atom is 0.407 e. The van der Waals surface area contributed by atoms with Crippen molar-refractivity contribution >= 4 is 55.7 Å². The number of nitrogens with zero attached hydrogens (tertiary/aromatic N) is 3. The van der Waals surface area contributed by atoms with E-state index >= 15 is 4.39 Å². The van der Waals surface area contributed by atoms with E-state index in [1.165, 1.54) is 16.3 Å². The zero-order valence-electron chi connectivity index (χ0n) is 33.6. The number of amides is 1. The highest BCUT2D eigenvalue weighted by atomic mass is 35.5. The first-order valence-corrected chi connectivity index (χ1v) is 22.5. The number of ether oxygens (including phenoxy) is 1. The molecule has 2 aromatic heterocycles. The van der Waals surface area contributed by atoms with E-state index in [9.17, 15) is 18.0 Å². The lowest BCUT2D eigenvalue weighted by molar-refractivity contribution is 0.136. The van der Waals surface area contributed by atoms with Gasteiger partial charge in [0.1, 0.15) is 12.3 Å². The number of aryl methyl sites for hydroxylation is 1. The van der Waals surface area contributed by atoms with Crippen molar-refractivity contribution in [3.8, 4) is 16.9 Å². The molecule has 12 nitrogen and oxygen atoms in total. The zero-order valence-corrected chi connectivity index (χ0v) is 36.0. The van der Waals surface area contributed by atoms with Gasteiger partial charge in [0.05, 0.1) is 27.2 Å². The number of carbonyl (C=O) groups is 1. The topological polar surface area (TPSA) is 176 Å². The third kappa shape index (κ3) is 10.6. The number of alkyl carbamates (subject to hydrolysis) is 1. The summed E-state index contributed by atoms with van der Waals surface area (Å²) in [6.07, 6.45) is 5.86. The fourth-order valence-corrected chi connectivity index (χ4v) is 10.1. The molecule has 1 unspecified atom stereocenters. The summed E-state index contributed by atoms with van der Waals surface area (Å²) in [6, 6.07) is 21.0. The molecule has 3 heterocycles. The van der Waals surface area contributed by atoms with Gasteiger partial charge in [-0.25, -0.2) is 22.4 Å². The van der Waals surface area contributed by atoms with Gasteiger partial charge >= 0.3 is 11.8 Å². The van der Waals surface area contributed by atoms with Gasteiger partial charge in [0.15, 0.2) is 11.0 Å². The molecule has 59 heavy (non-hydrogen) atoms. The third-order valence-corrected chi connectivity index (χ3v) is 14.2. The average Bonchev–Trinajstić information content (AvgIpc) is 3.60. The Morgan fingerprint density at radius 3 is 2.54 bits per heavy atom. The summed E-state index contributed by atoms with van der Waals surface area (Å²) >= 11 is 7.59. The quantitative estimate of drug-likeness (QED) is 0.0632. The Kier molecular flexibility index (Phi) is 13.9. The molecule has 5 N–H and O–H groups in total. The highest BCUT2D eigenvalue weighted by Gasteiger charge is 2.45. The number of halogens is 2. The maximum atomic E-state index is 15.5. The number of fused-ring (bicyclic) bond motifs is 1. The summed E-state index contributed by atoms with van der Waals surface area (Å²) in [5.74, 6) is -0.0606. The predicted octanol–water partition coefficient (Wildman–Crippen LogP) is 8.85. The second-order valence-corrected chi connectivity index (χ2v) is 20.1. The Morgan fingerprint density at radius 2 is 1.85 bits per heavy atom. The summed E-state index contributed by atoms with van der Waals surface area (Å²) in [4.78, 5) is 33.0. The van der Waals surface area contributed by atoms with Crippen LogP contribution in [0.3, 0.4) is 0 Å². The number of piperidine rings is 1. The van der Waals surface area contributed by atoms with Crippen molar-refractivity contribution in [2.45, 2.75) is 102 Å². The lowest BCUT2D eigenvalue weighted by Crippen LogP contribution is -2.51. The van der Waals surface area contributed by atoms with Gasteiger partial charge in [-0.15, -0.1) is 0 Å². The smallest absolute Gasteiger partial charge is 0.407 e. The Hall–Kier alpha value is -4.70. The van der Waals surface area contributed by atoms with E-state index in [-0.39, 0.29) is 40.1 Å². The molecule has 3 aromatic carbocycles. The minimum absolute atomic E-state index is 0.00562. The highest BCUT2D eigenvalue weighted by molar-refractivity contribution is 8.13. The maximum absolute atomic E-state index is 15.5. The van der Waals surface area contributed by atoms with E-state index in [1.807, 2.05) is 49.4 Å². The molecule has 6 rings (SSSR count). The van der Waals surface area contributed by atoms with Crippen molar-refractivity contribution in [1.82, 2.24) is 24.2 Å². The molecule has 3 atom stereocenters. The van der Waals surface area contributed by atoms with E-state index in [0.717, 1.165) is 29.5 Å². The number of hydrogen-bond acceptors (Lipinski definition) is 8. The number of H-pyrrole nitrogens is 1. The van der Waals surface area contributed by atoms with Crippen LogP contribution in [0.1, 0.15) is 89.0 Å². The first-order chi connectivity index (χ1) is 28.0. The number of thioether (sulfide) groups is 1. The van der Waals surface area contributed by atoms with Crippen LogP contribution in [0, 0.1) is 11.2 Å². The molecule has 1 saturated heterocycles. The second-order valence-electron chi connectivity index (χ2n) is 16.0. The van der Waals surface area contributed by atoms with Crippen molar-refractivity contribution in [3.63, 3.8) is 0 Å². The van der Waals surface area contributed by atoms with Crippen LogP contribution in [-0.4, -0.2) is 61.1 Å². The molecular formula is C43H51ClFN7O5S2. The molecule has 0 radical (unpaired) electrons. The number of sulfonamides is 1. The Bertz CT molecular complexity index is 2450. The molecule has 5 aromatic rings. The largest absolute Gasteiger partial charge is 0.445 e. The molecule has 1 aliphatic heterocycles. The molecule has 314 valence electrons. The van der Waals surface area contributed by atoms with Crippen molar-refractivity contribution in [3.05, 3.63) is 117 Å².